The third-order valence-corrected chi connectivity index (χ3v) is 8.58. The Hall–Kier alpha value is -3.56. The molecular formula is C27H26N2O5S2. The zero-order valence-electron chi connectivity index (χ0n) is 20.1. The van der Waals surface area contributed by atoms with Crippen molar-refractivity contribution in [2.75, 3.05) is 24.3 Å². The molecule has 0 fully saturated rings. The molecule has 1 amide bonds. The minimum Gasteiger partial charge on any atom is -0.468 e. The summed E-state index contributed by atoms with van der Waals surface area (Å²) in [6.07, 6.45) is 1.74. The largest absolute Gasteiger partial charge is 0.468 e. The molecule has 0 unspecified atom stereocenters. The van der Waals surface area contributed by atoms with Crippen LogP contribution in [0.25, 0.3) is 6.08 Å². The molecule has 0 radical (unpaired) electrons. The van der Waals surface area contributed by atoms with E-state index in [1.54, 1.807) is 30.3 Å². The van der Waals surface area contributed by atoms with Crippen LogP contribution in [0.4, 0.5) is 11.4 Å². The van der Waals surface area contributed by atoms with Gasteiger partial charge < -0.3 is 15.4 Å². The van der Waals surface area contributed by atoms with Crippen molar-refractivity contribution in [3.8, 4) is 0 Å². The molecule has 3 aromatic rings. The van der Waals surface area contributed by atoms with Gasteiger partial charge >= 0.3 is 5.97 Å². The Morgan fingerprint density at radius 1 is 1.06 bits per heavy atom. The Balaban J connectivity index is 1.55. The first-order chi connectivity index (χ1) is 17.2. The zero-order valence-corrected chi connectivity index (χ0v) is 21.8. The second-order valence-electron chi connectivity index (χ2n) is 8.40. The fourth-order valence-corrected chi connectivity index (χ4v) is 6.41. The average Bonchev–Trinajstić information content (AvgIpc) is 2.86. The molecule has 1 heterocycles. The number of ether oxygens (including phenoxy) is 1. The van der Waals surface area contributed by atoms with Crippen LogP contribution in [0, 0.1) is 13.8 Å². The summed E-state index contributed by atoms with van der Waals surface area (Å²) in [5.74, 6) is -0.711. The van der Waals surface area contributed by atoms with Crippen LogP contribution in [0.15, 0.2) is 75.4 Å². The standard InChI is InChI=1S/C27H26N2O5S2/c1-17-5-4-6-18(2)22(17)16-36(32,33)21-11-12-23-24(14-21)35-25(27(31)29-23)13-19-7-9-20(10-8-19)28-15-26(30)34-3/h4-14,28H,15-16H2,1-3H3,(H,29,31)/b25-13+. The summed E-state index contributed by atoms with van der Waals surface area (Å²) in [6.45, 7) is 3.88. The van der Waals surface area contributed by atoms with E-state index in [1.165, 1.54) is 24.9 Å². The topological polar surface area (TPSA) is 102 Å². The molecule has 4 rings (SSSR count). The lowest BCUT2D eigenvalue weighted by molar-refractivity contribution is -0.138. The van der Waals surface area contributed by atoms with Crippen molar-refractivity contribution >= 4 is 50.9 Å². The summed E-state index contributed by atoms with van der Waals surface area (Å²) in [4.78, 5) is 25.3. The Kier molecular flexibility index (Phi) is 7.51. The zero-order chi connectivity index (χ0) is 25.9. The van der Waals surface area contributed by atoms with Crippen molar-refractivity contribution in [2.24, 2.45) is 0 Å². The first-order valence-corrected chi connectivity index (χ1v) is 13.7. The number of carbonyl (C=O) groups excluding carboxylic acids is 2. The fraction of sp³-hybridized carbons (Fsp3) is 0.185. The monoisotopic (exact) mass is 522 g/mol. The van der Waals surface area contributed by atoms with E-state index in [0.717, 1.165) is 27.9 Å². The number of sulfone groups is 1. The number of hydrogen-bond donors (Lipinski definition) is 2. The number of thioether (sulfide) groups is 1. The number of benzene rings is 3. The smallest absolute Gasteiger partial charge is 0.325 e. The van der Waals surface area contributed by atoms with Crippen molar-refractivity contribution in [3.63, 3.8) is 0 Å². The van der Waals surface area contributed by atoms with Crippen LogP contribution in [0.5, 0.6) is 0 Å². The number of rotatable bonds is 7. The molecule has 36 heavy (non-hydrogen) atoms. The van der Waals surface area contributed by atoms with E-state index in [0.29, 0.717) is 15.5 Å². The molecular weight excluding hydrogens is 496 g/mol. The number of amides is 1. The minimum atomic E-state index is -3.59. The Morgan fingerprint density at radius 3 is 2.42 bits per heavy atom. The third kappa shape index (κ3) is 5.80. The van der Waals surface area contributed by atoms with Gasteiger partial charge in [0.25, 0.3) is 5.91 Å². The first-order valence-electron chi connectivity index (χ1n) is 11.2. The lowest BCUT2D eigenvalue weighted by Gasteiger charge is -2.20. The highest BCUT2D eigenvalue weighted by molar-refractivity contribution is 8.04. The number of fused-ring (bicyclic) bond motifs is 1. The summed E-state index contributed by atoms with van der Waals surface area (Å²) in [7, 11) is -2.26. The van der Waals surface area contributed by atoms with Crippen molar-refractivity contribution in [1.29, 1.82) is 0 Å². The van der Waals surface area contributed by atoms with E-state index in [-0.39, 0.29) is 29.1 Å². The fourth-order valence-electron chi connectivity index (χ4n) is 3.77. The summed E-state index contributed by atoms with van der Waals surface area (Å²) in [5.41, 5.74) is 4.80. The van der Waals surface area contributed by atoms with Gasteiger partial charge in [0.05, 0.1) is 28.4 Å². The number of nitrogens with one attached hydrogen (secondary N) is 2. The summed E-state index contributed by atoms with van der Waals surface area (Å²) in [5, 5.41) is 5.80. The van der Waals surface area contributed by atoms with E-state index < -0.39 is 9.84 Å². The maximum atomic E-state index is 13.2. The highest BCUT2D eigenvalue weighted by Crippen LogP contribution is 2.40. The molecule has 1 aliphatic rings. The lowest BCUT2D eigenvalue weighted by atomic mass is 10.1. The van der Waals surface area contributed by atoms with E-state index in [1.807, 2.05) is 44.2 Å². The predicted molar refractivity (Wildman–Crippen MR) is 143 cm³/mol. The summed E-state index contributed by atoms with van der Waals surface area (Å²) < 4.78 is 31.1. The SMILES string of the molecule is COC(=O)CNc1ccc(/C=C2/Sc3cc(S(=O)(=O)Cc4c(C)cccc4C)ccc3NC2=O)cc1. The Bertz CT molecular complexity index is 1440. The highest BCUT2D eigenvalue weighted by Gasteiger charge is 2.25. The molecule has 0 aliphatic carbocycles. The normalized spacial score (nSPS) is 14.2. The van der Waals surface area contributed by atoms with Gasteiger partial charge in [-0.3, -0.25) is 9.59 Å². The molecule has 3 aromatic carbocycles. The van der Waals surface area contributed by atoms with E-state index in [2.05, 4.69) is 15.4 Å². The second-order valence-corrected chi connectivity index (χ2v) is 11.5. The summed E-state index contributed by atoms with van der Waals surface area (Å²) >= 11 is 1.23. The van der Waals surface area contributed by atoms with Crippen LogP contribution in [0.2, 0.25) is 0 Å². The Labute approximate surface area is 214 Å². The van der Waals surface area contributed by atoms with Crippen LogP contribution in [-0.4, -0.2) is 33.9 Å². The molecule has 0 saturated carbocycles. The van der Waals surface area contributed by atoms with Gasteiger partial charge in [-0.05, 0) is 72.5 Å². The maximum absolute atomic E-state index is 13.2. The molecule has 0 saturated heterocycles. The average molecular weight is 523 g/mol. The molecule has 0 atom stereocenters. The molecule has 7 nitrogen and oxygen atoms in total. The quantitative estimate of drug-likeness (QED) is 0.334. The molecule has 2 N–H and O–H groups in total. The van der Waals surface area contributed by atoms with Crippen LogP contribution < -0.4 is 10.6 Å². The highest BCUT2D eigenvalue weighted by atomic mass is 32.2. The van der Waals surface area contributed by atoms with Gasteiger partial charge in [0.1, 0.15) is 6.54 Å². The van der Waals surface area contributed by atoms with Crippen molar-refractivity contribution < 1.29 is 22.7 Å². The van der Waals surface area contributed by atoms with Crippen molar-refractivity contribution in [3.05, 3.63) is 87.8 Å². The third-order valence-electron chi connectivity index (χ3n) is 5.86. The number of esters is 1. The first kappa shape index (κ1) is 25.5. The van der Waals surface area contributed by atoms with E-state index in [4.69, 9.17) is 0 Å². The Morgan fingerprint density at radius 2 is 1.75 bits per heavy atom. The van der Waals surface area contributed by atoms with E-state index in [9.17, 15) is 18.0 Å². The molecule has 9 heteroatoms. The molecule has 0 spiro atoms. The number of anilines is 2. The molecule has 0 aromatic heterocycles. The lowest BCUT2D eigenvalue weighted by Crippen LogP contribution is -2.18. The number of aryl methyl sites for hydroxylation is 2. The second kappa shape index (κ2) is 10.6. The van der Waals surface area contributed by atoms with Gasteiger partial charge in [0.2, 0.25) is 0 Å². The van der Waals surface area contributed by atoms with Crippen molar-refractivity contribution in [2.45, 2.75) is 29.4 Å². The minimum absolute atomic E-state index is 0.0562. The van der Waals surface area contributed by atoms with Crippen LogP contribution in [-0.2, 0) is 29.9 Å². The van der Waals surface area contributed by atoms with Gasteiger partial charge in [-0.2, -0.15) is 0 Å². The summed E-state index contributed by atoms with van der Waals surface area (Å²) in [6, 6.07) is 17.8. The van der Waals surface area contributed by atoms with Gasteiger partial charge in [-0.15, -0.1) is 0 Å². The molecule has 0 bridgehead atoms. The number of hydrogen-bond acceptors (Lipinski definition) is 7. The van der Waals surface area contributed by atoms with E-state index >= 15 is 0 Å². The van der Waals surface area contributed by atoms with Gasteiger partial charge in [-0.25, -0.2) is 8.42 Å². The van der Waals surface area contributed by atoms with Crippen molar-refractivity contribution in [1.82, 2.24) is 0 Å². The van der Waals surface area contributed by atoms with Gasteiger partial charge in [-0.1, -0.05) is 42.1 Å². The van der Waals surface area contributed by atoms with Crippen LogP contribution >= 0.6 is 11.8 Å². The van der Waals surface area contributed by atoms with Crippen LogP contribution in [0.3, 0.4) is 0 Å². The number of carbonyl (C=O) groups is 2. The van der Waals surface area contributed by atoms with Gasteiger partial charge in [0, 0.05) is 10.6 Å². The van der Waals surface area contributed by atoms with Gasteiger partial charge in [0.15, 0.2) is 9.84 Å². The molecule has 1 aliphatic heterocycles. The number of methoxy groups -OCH3 is 1. The molecule has 186 valence electrons. The van der Waals surface area contributed by atoms with Crippen LogP contribution in [0.1, 0.15) is 22.3 Å². The maximum Gasteiger partial charge on any atom is 0.325 e. The predicted octanol–water partition coefficient (Wildman–Crippen LogP) is 4.95.